The molecule has 2 nitrogen and oxygen atoms in total. The van der Waals surface area contributed by atoms with Gasteiger partial charge >= 0.3 is 0 Å². The third-order valence-electron chi connectivity index (χ3n) is 3.23. The molecule has 1 atom stereocenters. The second-order valence-corrected chi connectivity index (χ2v) is 3.94. The molecule has 0 aliphatic carbocycles. The Morgan fingerprint density at radius 3 is 2.45 bits per heavy atom. The predicted molar refractivity (Wildman–Crippen MR) is 44.6 cm³/mol. The lowest BCUT2D eigenvalue weighted by Gasteiger charge is -2.46. The molecule has 0 aromatic carbocycles. The Morgan fingerprint density at radius 2 is 2.00 bits per heavy atom. The van der Waals surface area contributed by atoms with Gasteiger partial charge in [-0.15, -0.1) is 0 Å². The predicted octanol–water partition coefficient (Wildman–Crippen LogP) is 1.17. The van der Waals surface area contributed by atoms with Crippen LogP contribution in [-0.2, 0) is 4.74 Å². The van der Waals surface area contributed by atoms with Gasteiger partial charge < -0.3 is 10.1 Å². The van der Waals surface area contributed by atoms with E-state index < -0.39 is 0 Å². The summed E-state index contributed by atoms with van der Waals surface area (Å²) in [6.45, 7) is 5.63. The zero-order valence-corrected chi connectivity index (χ0v) is 7.23. The van der Waals surface area contributed by atoms with Crippen molar-refractivity contribution in [1.82, 2.24) is 5.32 Å². The van der Waals surface area contributed by atoms with E-state index in [2.05, 4.69) is 12.2 Å². The average Bonchev–Trinajstić information content (AvgIpc) is 2.02. The van der Waals surface area contributed by atoms with Crippen molar-refractivity contribution in [3.05, 3.63) is 0 Å². The summed E-state index contributed by atoms with van der Waals surface area (Å²) in [5.41, 5.74) is 0.252. The third kappa shape index (κ3) is 1.30. The van der Waals surface area contributed by atoms with E-state index in [9.17, 15) is 0 Å². The van der Waals surface area contributed by atoms with Gasteiger partial charge in [-0.25, -0.2) is 0 Å². The summed E-state index contributed by atoms with van der Waals surface area (Å²) in [5.74, 6) is 0.817. The summed E-state index contributed by atoms with van der Waals surface area (Å²) < 4.78 is 5.63. The highest BCUT2D eigenvalue weighted by atomic mass is 16.5. The molecular weight excluding hydrogens is 138 g/mol. The molecule has 0 aromatic rings. The molecule has 0 aromatic heterocycles. The second-order valence-electron chi connectivity index (χ2n) is 3.94. The Morgan fingerprint density at radius 1 is 1.36 bits per heavy atom. The van der Waals surface area contributed by atoms with Gasteiger partial charge in [-0.1, -0.05) is 0 Å². The van der Waals surface area contributed by atoms with Crippen LogP contribution in [0.3, 0.4) is 0 Å². The quantitative estimate of drug-likeness (QED) is 0.613. The van der Waals surface area contributed by atoms with E-state index in [1.807, 2.05) is 0 Å². The summed E-state index contributed by atoms with van der Waals surface area (Å²) in [5, 5.41) is 3.38. The van der Waals surface area contributed by atoms with Crippen LogP contribution in [0.2, 0.25) is 0 Å². The second kappa shape index (κ2) is 2.76. The molecule has 0 amide bonds. The molecule has 2 aliphatic heterocycles. The van der Waals surface area contributed by atoms with E-state index in [1.54, 1.807) is 0 Å². The molecule has 1 unspecified atom stereocenters. The van der Waals surface area contributed by atoms with Crippen LogP contribution >= 0.6 is 0 Å². The fourth-order valence-electron chi connectivity index (χ4n) is 2.18. The van der Waals surface area contributed by atoms with Crippen LogP contribution < -0.4 is 5.32 Å². The minimum absolute atomic E-state index is 0.252. The van der Waals surface area contributed by atoms with Crippen LogP contribution in [0.4, 0.5) is 0 Å². The molecule has 2 aliphatic rings. The lowest BCUT2D eigenvalue weighted by Crippen LogP contribution is -2.50. The SMILES string of the molecule is CC1(C2CCNCC2)CCO1. The maximum absolute atomic E-state index is 5.63. The number of rotatable bonds is 1. The van der Waals surface area contributed by atoms with Crippen LogP contribution in [0, 0.1) is 5.92 Å². The molecule has 2 heteroatoms. The maximum atomic E-state index is 5.63. The van der Waals surface area contributed by atoms with Gasteiger partial charge in [0.15, 0.2) is 0 Å². The van der Waals surface area contributed by atoms with Crippen LogP contribution in [-0.4, -0.2) is 25.3 Å². The Labute approximate surface area is 68.3 Å². The highest BCUT2D eigenvalue weighted by Crippen LogP contribution is 2.38. The normalized spacial score (nSPS) is 40.1. The van der Waals surface area contributed by atoms with Crippen molar-refractivity contribution in [1.29, 1.82) is 0 Å². The zero-order chi connectivity index (χ0) is 7.73. The van der Waals surface area contributed by atoms with Gasteiger partial charge in [0.25, 0.3) is 0 Å². The Balaban J connectivity index is 1.91. The molecule has 2 saturated heterocycles. The zero-order valence-electron chi connectivity index (χ0n) is 7.23. The van der Waals surface area contributed by atoms with Crippen LogP contribution in [0.5, 0.6) is 0 Å². The monoisotopic (exact) mass is 155 g/mol. The van der Waals surface area contributed by atoms with Crippen molar-refractivity contribution >= 4 is 0 Å². The van der Waals surface area contributed by atoms with Gasteiger partial charge in [0.05, 0.1) is 12.2 Å². The van der Waals surface area contributed by atoms with E-state index in [1.165, 1.54) is 32.4 Å². The first-order valence-corrected chi connectivity index (χ1v) is 4.66. The van der Waals surface area contributed by atoms with Crippen molar-refractivity contribution in [3.63, 3.8) is 0 Å². The summed E-state index contributed by atoms with van der Waals surface area (Å²) in [6.07, 6.45) is 3.88. The molecule has 0 bridgehead atoms. The standard InChI is InChI=1S/C9H17NO/c1-9(4-7-11-9)8-2-5-10-6-3-8/h8,10H,2-7H2,1H3. The van der Waals surface area contributed by atoms with Gasteiger partial charge in [0.2, 0.25) is 0 Å². The number of piperidine rings is 1. The molecule has 0 spiro atoms. The van der Waals surface area contributed by atoms with Crippen molar-refractivity contribution in [3.8, 4) is 0 Å². The molecule has 1 N–H and O–H groups in total. The van der Waals surface area contributed by atoms with Gasteiger partial charge in [-0.2, -0.15) is 0 Å². The van der Waals surface area contributed by atoms with Crippen molar-refractivity contribution in [2.75, 3.05) is 19.7 Å². The molecule has 64 valence electrons. The first-order chi connectivity index (χ1) is 5.31. The molecule has 2 rings (SSSR count). The topological polar surface area (TPSA) is 21.3 Å². The molecule has 0 radical (unpaired) electrons. The average molecular weight is 155 g/mol. The molecule has 2 heterocycles. The van der Waals surface area contributed by atoms with Crippen molar-refractivity contribution in [2.24, 2.45) is 5.92 Å². The fraction of sp³-hybridized carbons (Fsp3) is 1.00. The van der Waals surface area contributed by atoms with Gasteiger partial charge in [0, 0.05) is 0 Å². The number of hydrogen-bond donors (Lipinski definition) is 1. The van der Waals surface area contributed by atoms with Crippen molar-refractivity contribution in [2.45, 2.75) is 31.8 Å². The number of ether oxygens (including phenoxy) is 1. The first-order valence-electron chi connectivity index (χ1n) is 4.66. The minimum atomic E-state index is 0.252. The van der Waals surface area contributed by atoms with Crippen molar-refractivity contribution < 1.29 is 4.74 Å². The van der Waals surface area contributed by atoms with Gasteiger partial charge in [0.1, 0.15) is 0 Å². The first kappa shape index (κ1) is 7.56. The summed E-state index contributed by atoms with van der Waals surface area (Å²) in [7, 11) is 0. The lowest BCUT2D eigenvalue weighted by molar-refractivity contribution is -0.173. The Hall–Kier alpha value is -0.0800. The molecule has 0 saturated carbocycles. The highest BCUT2D eigenvalue weighted by Gasteiger charge is 2.41. The van der Waals surface area contributed by atoms with E-state index >= 15 is 0 Å². The van der Waals surface area contributed by atoms with Crippen LogP contribution in [0.15, 0.2) is 0 Å². The lowest BCUT2D eigenvalue weighted by atomic mass is 9.77. The number of nitrogens with one attached hydrogen (secondary N) is 1. The Bertz CT molecular complexity index is 136. The third-order valence-corrected chi connectivity index (χ3v) is 3.23. The van der Waals surface area contributed by atoms with Crippen LogP contribution in [0.25, 0.3) is 0 Å². The largest absolute Gasteiger partial charge is 0.375 e. The summed E-state index contributed by atoms with van der Waals surface area (Å²) in [6, 6.07) is 0. The maximum Gasteiger partial charge on any atom is 0.0705 e. The number of hydrogen-bond acceptors (Lipinski definition) is 2. The Kier molecular flexibility index (Phi) is 1.90. The fourth-order valence-corrected chi connectivity index (χ4v) is 2.18. The minimum Gasteiger partial charge on any atom is -0.375 e. The van der Waals surface area contributed by atoms with E-state index in [4.69, 9.17) is 4.74 Å². The molecular formula is C9H17NO. The van der Waals surface area contributed by atoms with E-state index in [-0.39, 0.29) is 5.60 Å². The van der Waals surface area contributed by atoms with Gasteiger partial charge in [-0.3, -0.25) is 0 Å². The van der Waals surface area contributed by atoms with Gasteiger partial charge in [-0.05, 0) is 45.2 Å². The van der Waals surface area contributed by atoms with E-state index in [0.29, 0.717) is 0 Å². The summed E-state index contributed by atoms with van der Waals surface area (Å²) in [4.78, 5) is 0. The van der Waals surface area contributed by atoms with E-state index in [0.717, 1.165) is 12.5 Å². The summed E-state index contributed by atoms with van der Waals surface area (Å²) >= 11 is 0. The highest BCUT2D eigenvalue weighted by molar-refractivity contribution is 4.91. The molecule has 2 fully saturated rings. The smallest absolute Gasteiger partial charge is 0.0705 e. The molecule has 11 heavy (non-hydrogen) atoms. The van der Waals surface area contributed by atoms with Crippen LogP contribution in [0.1, 0.15) is 26.2 Å².